The fourth-order valence-electron chi connectivity index (χ4n) is 2.02. The lowest BCUT2D eigenvalue weighted by atomic mass is 10.1. The Balaban J connectivity index is 2.19. The van der Waals surface area contributed by atoms with Gasteiger partial charge in [-0.3, -0.25) is 4.79 Å². The van der Waals surface area contributed by atoms with E-state index in [1.165, 1.54) is 0 Å². The van der Waals surface area contributed by atoms with E-state index in [1.54, 1.807) is 25.3 Å². The van der Waals surface area contributed by atoms with Gasteiger partial charge in [0.25, 0.3) is 5.91 Å². The molecule has 2 aliphatic rings. The summed E-state index contributed by atoms with van der Waals surface area (Å²) < 4.78 is 22.9. The Hall–Kier alpha value is -1.82. The Morgan fingerprint density at radius 2 is 2.28 bits per heavy atom. The summed E-state index contributed by atoms with van der Waals surface area (Å²) >= 11 is 0. The predicted octanol–water partition coefficient (Wildman–Crippen LogP) is 0.631. The van der Waals surface area contributed by atoms with E-state index in [-0.39, 0.29) is 10.8 Å². The molecular weight excluding hydrogens is 254 g/mol. The van der Waals surface area contributed by atoms with Crippen LogP contribution in [-0.2, 0) is 20.3 Å². The monoisotopic (exact) mass is 265 g/mol. The average Bonchev–Trinajstić information content (AvgIpc) is 2.54. The zero-order valence-electron chi connectivity index (χ0n) is 9.69. The molecule has 18 heavy (non-hydrogen) atoms. The maximum atomic E-state index is 12.3. The van der Waals surface area contributed by atoms with Crippen LogP contribution in [0.4, 0.5) is 0 Å². The first-order chi connectivity index (χ1) is 8.72. The summed E-state index contributed by atoms with van der Waals surface area (Å²) in [6.45, 7) is 0.792. The van der Waals surface area contributed by atoms with Gasteiger partial charge in [-0.05, 0) is 18.2 Å². The van der Waals surface area contributed by atoms with E-state index in [0.717, 1.165) is 0 Å². The lowest BCUT2D eigenvalue weighted by Crippen LogP contribution is -2.26. The number of ether oxygens (including phenoxy) is 2. The van der Waals surface area contributed by atoms with Crippen LogP contribution in [0.15, 0.2) is 28.0 Å². The molecule has 1 aromatic carbocycles. The third-order valence-electron chi connectivity index (χ3n) is 2.86. The molecule has 6 heteroatoms. The molecule has 1 amide bonds. The molecular formula is C12H11NO4S. The third-order valence-corrected chi connectivity index (χ3v) is 4.36. The summed E-state index contributed by atoms with van der Waals surface area (Å²) in [4.78, 5) is 12.7. The number of hydrogen-bond acceptors (Lipinski definition) is 4. The van der Waals surface area contributed by atoms with Gasteiger partial charge in [0.15, 0.2) is 4.91 Å². The van der Waals surface area contributed by atoms with Gasteiger partial charge < -0.3 is 14.8 Å². The van der Waals surface area contributed by atoms with Crippen LogP contribution in [0.2, 0.25) is 0 Å². The molecule has 0 saturated heterocycles. The van der Waals surface area contributed by atoms with Gasteiger partial charge in [-0.25, -0.2) is 4.21 Å². The molecule has 3 rings (SSSR count). The first-order valence-electron chi connectivity index (χ1n) is 5.48. The van der Waals surface area contributed by atoms with E-state index >= 15 is 0 Å². The lowest BCUT2D eigenvalue weighted by molar-refractivity contribution is -0.116. The number of carbonyl (C=O) groups is 1. The van der Waals surface area contributed by atoms with E-state index in [4.69, 9.17) is 9.47 Å². The van der Waals surface area contributed by atoms with Crippen molar-refractivity contribution in [2.45, 2.75) is 4.90 Å². The molecule has 0 radical (unpaired) electrons. The zero-order valence-corrected chi connectivity index (χ0v) is 10.5. The Bertz CT molecular complexity index is 594. The van der Waals surface area contributed by atoms with E-state index in [2.05, 4.69) is 5.32 Å². The predicted molar refractivity (Wildman–Crippen MR) is 65.3 cm³/mol. The minimum Gasteiger partial charge on any atom is -0.497 e. The van der Waals surface area contributed by atoms with Crippen molar-refractivity contribution in [2.24, 2.45) is 0 Å². The number of fused-ring (bicyclic) bond motifs is 2. The van der Waals surface area contributed by atoms with E-state index in [0.29, 0.717) is 35.1 Å². The average molecular weight is 265 g/mol. The number of hydrogen-bond donors (Lipinski definition) is 1. The van der Waals surface area contributed by atoms with Crippen molar-refractivity contribution < 1.29 is 18.5 Å². The third kappa shape index (κ3) is 1.53. The number of carbonyl (C=O) groups excluding carboxylic acids is 1. The summed E-state index contributed by atoms with van der Waals surface area (Å²) in [6.07, 6.45) is 0. The van der Waals surface area contributed by atoms with Gasteiger partial charge in [0.05, 0.1) is 29.3 Å². The van der Waals surface area contributed by atoms with Gasteiger partial charge in [0.2, 0.25) is 0 Å². The van der Waals surface area contributed by atoms with Crippen LogP contribution in [-0.4, -0.2) is 30.4 Å². The highest BCUT2D eigenvalue weighted by molar-refractivity contribution is 7.90. The Morgan fingerprint density at radius 1 is 1.44 bits per heavy atom. The maximum Gasteiger partial charge on any atom is 0.264 e. The Labute approximate surface area is 106 Å². The second-order valence-electron chi connectivity index (χ2n) is 3.89. The molecule has 1 aromatic rings. The van der Waals surface area contributed by atoms with Crippen LogP contribution < -0.4 is 10.1 Å². The topological polar surface area (TPSA) is 64.6 Å². The summed E-state index contributed by atoms with van der Waals surface area (Å²) in [5, 5.41) is 2.66. The van der Waals surface area contributed by atoms with Gasteiger partial charge in [0, 0.05) is 5.56 Å². The normalized spacial score (nSPS) is 21.6. The molecule has 1 N–H and O–H groups in total. The molecule has 0 fully saturated rings. The van der Waals surface area contributed by atoms with Gasteiger partial charge in [0.1, 0.15) is 18.1 Å². The lowest BCUT2D eigenvalue weighted by Gasteiger charge is -2.07. The summed E-state index contributed by atoms with van der Waals surface area (Å²) in [5.41, 5.74) is 0.680. The smallest absolute Gasteiger partial charge is 0.264 e. The number of benzene rings is 1. The second kappa shape index (κ2) is 4.13. The SMILES string of the molecule is COc1ccc2c(c1)C1=C(C(=O)NCCO1)S2=O. The summed E-state index contributed by atoms with van der Waals surface area (Å²) in [6, 6.07) is 5.17. The fourth-order valence-corrected chi connectivity index (χ4v) is 3.36. The Kier molecular flexibility index (Phi) is 2.59. The van der Waals surface area contributed by atoms with Crippen molar-refractivity contribution in [3.05, 3.63) is 28.7 Å². The van der Waals surface area contributed by atoms with Crippen molar-refractivity contribution in [2.75, 3.05) is 20.3 Å². The molecule has 0 bridgehead atoms. The fraction of sp³-hybridized carbons (Fsp3) is 0.250. The van der Waals surface area contributed by atoms with E-state index in [9.17, 15) is 9.00 Å². The molecule has 94 valence electrons. The summed E-state index contributed by atoms with van der Waals surface area (Å²) in [7, 11) is 0.0804. The van der Waals surface area contributed by atoms with Crippen LogP contribution in [0.5, 0.6) is 5.75 Å². The molecule has 0 spiro atoms. The van der Waals surface area contributed by atoms with Crippen molar-refractivity contribution in [1.29, 1.82) is 0 Å². The van der Waals surface area contributed by atoms with Crippen LogP contribution in [0.3, 0.4) is 0 Å². The van der Waals surface area contributed by atoms with Crippen molar-refractivity contribution >= 4 is 22.5 Å². The van der Waals surface area contributed by atoms with Crippen molar-refractivity contribution in [3.8, 4) is 5.75 Å². The van der Waals surface area contributed by atoms with Crippen molar-refractivity contribution in [3.63, 3.8) is 0 Å². The molecule has 1 atom stereocenters. The van der Waals surface area contributed by atoms with Crippen LogP contribution >= 0.6 is 0 Å². The highest BCUT2D eigenvalue weighted by atomic mass is 32.2. The standard InChI is InChI=1S/C12H11NO4S/c1-16-7-2-3-9-8(6-7)10-11(18(9)15)12(14)13-4-5-17-10/h2-3,6H,4-5H2,1H3,(H,13,14). The minimum absolute atomic E-state index is 0.204. The number of rotatable bonds is 1. The Morgan fingerprint density at radius 3 is 3.06 bits per heavy atom. The van der Waals surface area contributed by atoms with Crippen LogP contribution in [0.25, 0.3) is 5.76 Å². The number of methoxy groups -OCH3 is 1. The highest BCUT2D eigenvalue weighted by Gasteiger charge is 2.36. The highest BCUT2D eigenvalue weighted by Crippen LogP contribution is 2.39. The molecule has 0 aromatic heterocycles. The van der Waals surface area contributed by atoms with Crippen LogP contribution in [0, 0.1) is 0 Å². The largest absolute Gasteiger partial charge is 0.497 e. The molecule has 0 aliphatic carbocycles. The summed E-state index contributed by atoms with van der Waals surface area (Å²) in [5.74, 6) is 0.737. The second-order valence-corrected chi connectivity index (χ2v) is 5.28. The molecule has 1 unspecified atom stereocenters. The van der Waals surface area contributed by atoms with E-state index < -0.39 is 10.8 Å². The first kappa shape index (κ1) is 11.3. The molecule has 5 nitrogen and oxygen atoms in total. The number of nitrogens with one attached hydrogen (secondary N) is 1. The van der Waals surface area contributed by atoms with Crippen LogP contribution in [0.1, 0.15) is 5.56 Å². The first-order valence-corrected chi connectivity index (χ1v) is 6.63. The van der Waals surface area contributed by atoms with Gasteiger partial charge in [-0.2, -0.15) is 0 Å². The molecule has 2 aliphatic heterocycles. The zero-order chi connectivity index (χ0) is 12.7. The van der Waals surface area contributed by atoms with Gasteiger partial charge >= 0.3 is 0 Å². The van der Waals surface area contributed by atoms with E-state index in [1.807, 2.05) is 0 Å². The number of amides is 1. The molecule has 2 heterocycles. The van der Waals surface area contributed by atoms with Crippen molar-refractivity contribution in [1.82, 2.24) is 5.32 Å². The molecule has 0 saturated carbocycles. The van der Waals surface area contributed by atoms with Gasteiger partial charge in [-0.15, -0.1) is 0 Å². The maximum absolute atomic E-state index is 12.3. The quantitative estimate of drug-likeness (QED) is 0.809. The van der Waals surface area contributed by atoms with Gasteiger partial charge in [-0.1, -0.05) is 0 Å². The minimum atomic E-state index is -1.48.